The summed E-state index contributed by atoms with van der Waals surface area (Å²) in [6, 6.07) is 13.3. The first-order valence-electron chi connectivity index (χ1n) is 11.0. The highest BCUT2D eigenvalue weighted by Gasteiger charge is 2.47. The molecule has 178 valence electrons. The topological polar surface area (TPSA) is 99.7 Å². The summed E-state index contributed by atoms with van der Waals surface area (Å²) in [4.78, 5) is 56.2. The highest BCUT2D eigenvalue weighted by atomic mass is 16.5. The number of nitrogens with zero attached hydrogens (tertiary/aromatic N) is 4. The summed E-state index contributed by atoms with van der Waals surface area (Å²) in [6.45, 7) is 3.69. The van der Waals surface area contributed by atoms with E-state index >= 15 is 0 Å². The SMILES string of the molecule is CCOc1ccccc1N1C(=O)C(=O)N(CC(=O)N2CCN(c3ccc(OC)cc3)CC2)C1=O. The maximum atomic E-state index is 13.0. The van der Waals surface area contributed by atoms with E-state index in [1.807, 2.05) is 24.3 Å². The van der Waals surface area contributed by atoms with Crippen LogP contribution in [-0.4, -0.2) is 80.0 Å². The molecule has 0 spiro atoms. The number of urea groups is 1. The van der Waals surface area contributed by atoms with Crippen molar-refractivity contribution in [1.82, 2.24) is 9.80 Å². The lowest BCUT2D eigenvalue weighted by molar-refractivity contribution is -0.142. The van der Waals surface area contributed by atoms with Gasteiger partial charge in [0.1, 0.15) is 18.0 Å². The Labute approximate surface area is 197 Å². The van der Waals surface area contributed by atoms with Gasteiger partial charge in [0.25, 0.3) is 0 Å². The molecule has 0 radical (unpaired) electrons. The van der Waals surface area contributed by atoms with Gasteiger partial charge >= 0.3 is 17.8 Å². The van der Waals surface area contributed by atoms with Crippen LogP contribution in [-0.2, 0) is 14.4 Å². The standard InChI is InChI=1S/C24H26N4O6/c1-3-34-20-7-5-4-6-19(20)28-23(31)22(30)27(24(28)32)16-21(29)26-14-12-25(13-15-26)17-8-10-18(33-2)11-9-17/h4-11H,3,12-16H2,1-2H3. The molecule has 2 aromatic rings. The molecular formula is C24H26N4O6. The lowest BCUT2D eigenvalue weighted by Gasteiger charge is -2.36. The number of rotatable bonds is 7. The van der Waals surface area contributed by atoms with Crippen LogP contribution in [0.25, 0.3) is 0 Å². The molecule has 0 bridgehead atoms. The maximum Gasteiger partial charge on any atom is 0.339 e. The van der Waals surface area contributed by atoms with E-state index in [2.05, 4.69) is 4.90 Å². The van der Waals surface area contributed by atoms with E-state index in [4.69, 9.17) is 9.47 Å². The molecule has 10 heteroatoms. The van der Waals surface area contributed by atoms with E-state index in [1.165, 1.54) is 6.07 Å². The number of ether oxygens (including phenoxy) is 2. The average molecular weight is 466 g/mol. The summed E-state index contributed by atoms with van der Waals surface area (Å²) in [7, 11) is 1.61. The second-order valence-corrected chi connectivity index (χ2v) is 7.78. The van der Waals surface area contributed by atoms with Crippen LogP contribution in [0.4, 0.5) is 16.2 Å². The fraction of sp³-hybridized carbons (Fsp3) is 0.333. The molecule has 2 heterocycles. The fourth-order valence-electron chi connectivity index (χ4n) is 4.02. The van der Waals surface area contributed by atoms with Crippen LogP contribution >= 0.6 is 0 Å². The van der Waals surface area contributed by atoms with E-state index in [1.54, 1.807) is 37.1 Å². The van der Waals surface area contributed by atoms with Crippen LogP contribution in [0.5, 0.6) is 11.5 Å². The third-order valence-corrected chi connectivity index (χ3v) is 5.82. The number of carbonyl (C=O) groups excluding carboxylic acids is 4. The molecule has 34 heavy (non-hydrogen) atoms. The zero-order chi connectivity index (χ0) is 24.2. The molecule has 2 saturated heterocycles. The molecule has 0 N–H and O–H groups in total. The molecule has 2 fully saturated rings. The summed E-state index contributed by atoms with van der Waals surface area (Å²) in [5.74, 6) is -1.34. The fourth-order valence-corrected chi connectivity index (χ4v) is 4.02. The van der Waals surface area contributed by atoms with Gasteiger partial charge in [0, 0.05) is 31.9 Å². The van der Waals surface area contributed by atoms with Crippen LogP contribution in [0.3, 0.4) is 0 Å². The van der Waals surface area contributed by atoms with Crippen LogP contribution < -0.4 is 19.3 Å². The third-order valence-electron chi connectivity index (χ3n) is 5.82. The van der Waals surface area contributed by atoms with Crippen molar-refractivity contribution >= 4 is 35.1 Å². The second-order valence-electron chi connectivity index (χ2n) is 7.78. The summed E-state index contributed by atoms with van der Waals surface area (Å²) in [5, 5.41) is 0. The Balaban J connectivity index is 1.40. The Bertz CT molecular complexity index is 1090. The lowest BCUT2D eigenvalue weighted by Crippen LogP contribution is -2.52. The van der Waals surface area contributed by atoms with Crippen molar-refractivity contribution < 1.29 is 28.7 Å². The van der Waals surface area contributed by atoms with Crippen LogP contribution in [0.1, 0.15) is 6.92 Å². The smallest absolute Gasteiger partial charge is 0.339 e. The highest BCUT2D eigenvalue weighted by Crippen LogP contribution is 2.31. The molecule has 0 atom stereocenters. The predicted octanol–water partition coefficient (Wildman–Crippen LogP) is 1.74. The minimum absolute atomic E-state index is 0.177. The Hall–Kier alpha value is -4.08. The van der Waals surface area contributed by atoms with Crippen molar-refractivity contribution in [2.75, 3.05) is 56.2 Å². The number of benzene rings is 2. The Kier molecular flexibility index (Phi) is 6.67. The first-order valence-corrected chi connectivity index (χ1v) is 11.0. The molecule has 2 aliphatic heterocycles. The number of hydrogen-bond donors (Lipinski definition) is 0. The summed E-state index contributed by atoms with van der Waals surface area (Å²) in [5.41, 5.74) is 1.20. The van der Waals surface area contributed by atoms with E-state index in [9.17, 15) is 19.2 Å². The first kappa shape index (κ1) is 23.1. The molecule has 10 nitrogen and oxygen atoms in total. The number of hydrogen-bond acceptors (Lipinski definition) is 7. The Morgan fingerprint density at radius 1 is 0.912 bits per heavy atom. The van der Waals surface area contributed by atoms with Crippen LogP contribution in [0, 0.1) is 0 Å². The van der Waals surface area contributed by atoms with E-state index in [-0.39, 0.29) is 11.6 Å². The van der Waals surface area contributed by atoms with Gasteiger partial charge in [-0.15, -0.1) is 0 Å². The van der Waals surface area contributed by atoms with E-state index in [0.29, 0.717) is 43.4 Å². The predicted molar refractivity (Wildman–Crippen MR) is 124 cm³/mol. The minimum atomic E-state index is -1.03. The van der Waals surface area contributed by atoms with Crippen molar-refractivity contribution in [2.45, 2.75) is 6.92 Å². The van der Waals surface area contributed by atoms with E-state index < -0.39 is 24.4 Å². The van der Waals surface area contributed by atoms with Gasteiger partial charge in [-0.05, 0) is 43.3 Å². The van der Waals surface area contributed by atoms with Crippen molar-refractivity contribution in [3.63, 3.8) is 0 Å². The number of para-hydroxylation sites is 2. The summed E-state index contributed by atoms with van der Waals surface area (Å²) >= 11 is 0. The molecule has 4 rings (SSSR count). The molecule has 2 aliphatic rings. The Morgan fingerprint density at radius 3 is 2.24 bits per heavy atom. The summed E-state index contributed by atoms with van der Waals surface area (Å²) in [6.07, 6.45) is 0. The van der Waals surface area contributed by atoms with E-state index in [0.717, 1.165) is 16.3 Å². The number of amides is 5. The number of anilines is 2. The monoisotopic (exact) mass is 466 g/mol. The number of imide groups is 2. The maximum absolute atomic E-state index is 13.0. The number of piperazine rings is 1. The number of methoxy groups -OCH3 is 1. The average Bonchev–Trinajstić information content (AvgIpc) is 3.07. The molecule has 0 aromatic heterocycles. The minimum Gasteiger partial charge on any atom is -0.497 e. The summed E-state index contributed by atoms with van der Waals surface area (Å²) < 4.78 is 10.7. The first-order chi connectivity index (χ1) is 16.4. The van der Waals surface area contributed by atoms with Gasteiger partial charge in [-0.3, -0.25) is 14.4 Å². The molecule has 2 aromatic carbocycles. The van der Waals surface area contributed by atoms with Gasteiger partial charge in [0.05, 0.1) is 19.4 Å². The lowest BCUT2D eigenvalue weighted by atomic mass is 10.2. The van der Waals surface area contributed by atoms with Crippen molar-refractivity contribution in [2.24, 2.45) is 0 Å². The largest absolute Gasteiger partial charge is 0.497 e. The third kappa shape index (κ3) is 4.39. The van der Waals surface area contributed by atoms with Crippen molar-refractivity contribution in [3.05, 3.63) is 48.5 Å². The molecule has 0 aliphatic carbocycles. The van der Waals surface area contributed by atoms with Crippen LogP contribution in [0.2, 0.25) is 0 Å². The quantitative estimate of drug-likeness (QED) is 0.453. The van der Waals surface area contributed by atoms with Gasteiger partial charge in [-0.2, -0.15) is 0 Å². The molecule has 0 unspecified atom stereocenters. The van der Waals surface area contributed by atoms with Gasteiger partial charge < -0.3 is 19.3 Å². The van der Waals surface area contributed by atoms with Gasteiger partial charge in [0.2, 0.25) is 5.91 Å². The Morgan fingerprint density at radius 2 is 1.59 bits per heavy atom. The van der Waals surface area contributed by atoms with Crippen molar-refractivity contribution in [1.29, 1.82) is 0 Å². The van der Waals surface area contributed by atoms with Gasteiger partial charge in [-0.1, -0.05) is 12.1 Å². The molecule has 0 saturated carbocycles. The van der Waals surface area contributed by atoms with Gasteiger partial charge in [-0.25, -0.2) is 14.6 Å². The highest BCUT2D eigenvalue weighted by molar-refractivity contribution is 6.53. The normalized spacial score (nSPS) is 16.4. The zero-order valence-electron chi connectivity index (χ0n) is 19.1. The molecule has 5 amide bonds. The van der Waals surface area contributed by atoms with Crippen LogP contribution in [0.15, 0.2) is 48.5 Å². The molecular weight excluding hydrogens is 440 g/mol. The van der Waals surface area contributed by atoms with Gasteiger partial charge in [0.15, 0.2) is 0 Å². The zero-order valence-corrected chi connectivity index (χ0v) is 19.1. The number of carbonyl (C=O) groups is 4. The van der Waals surface area contributed by atoms with Crippen molar-refractivity contribution in [3.8, 4) is 11.5 Å². The second kappa shape index (κ2) is 9.82.